The molecule has 0 amide bonds. The van der Waals surface area contributed by atoms with Gasteiger partial charge in [0.05, 0.1) is 5.60 Å². The molecule has 1 unspecified atom stereocenters. The third-order valence-corrected chi connectivity index (χ3v) is 4.64. The van der Waals surface area contributed by atoms with Crippen molar-refractivity contribution in [2.45, 2.75) is 58.1 Å². The van der Waals surface area contributed by atoms with Crippen LogP contribution in [0.3, 0.4) is 0 Å². The summed E-state index contributed by atoms with van der Waals surface area (Å²) in [5.41, 5.74) is -0.0441. The fraction of sp³-hybridized carbons (Fsp3) is 1.00. The highest BCUT2D eigenvalue weighted by atomic mass is 16.5. The zero-order chi connectivity index (χ0) is 14.9. The van der Waals surface area contributed by atoms with Crippen LogP contribution in [0.2, 0.25) is 0 Å². The van der Waals surface area contributed by atoms with Crippen molar-refractivity contribution < 1.29 is 9.84 Å². The van der Waals surface area contributed by atoms with Crippen LogP contribution in [-0.4, -0.2) is 60.5 Å². The lowest BCUT2D eigenvalue weighted by molar-refractivity contribution is -0.00878. The highest BCUT2D eigenvalue weighted by molar-refractivity contribution is 4.93. The number of rotatable bonds is 4. The molecule has 2 rings (SSSR count). The van der Waals surface area contributed by atoms with Gasteiger partial charge >= 0.3 is 0 Å². The number of hydrogen-bond donors (Lipinski definition) is 2. The molecule has 2 heterocycles. The molecule has 118 valence electrons. The zero-order valence-electron chi connectivity index (χ0n) is 13.7. The number of likely N-dealkylation sites (tertiary alicyclic amines) is 1. The molecule has 0 spiro atoms. The maximum atomic E-state index is 10.2. The van der Waals surface area contributed by atoms with Crippen molar-refractivity contribution in [3.63, 3.8) is 0 Å². The van der Waals surface area contributed by atoms with Crippen molar-refractivity contribution in [1.29, 1.82) is 0 Å². The minimum Gasteiger partial charge on any atom is -0.389 e. The number of nitrogens with zero attached hydrogens (tertiary/aromatic N) is 1. The second kappa shape index (κ2) is 5.91. The first-order valence-electron chi connectivity index (χ1n) is 7.97. The summed E-state index contributed by atoms with van der Waals surface area (Å²) in [5.74, 6) is 0. The maximum absolute atomic E-state index is 10.2. The van der Waals surface area contributed by atoms with Gasteiger partial charge in [-0.2, -0.15) is 0 Å². The number of nitrogens with one attached hydrogen (secondary N) is 1. The topological polar surface area (TPSA) is 44.7 Å². The summed E-state index contributed by atoms with van der Waals surface area (Å²) in [6.45, 7) is 14.3. The van der Waals surface area contributed by atoms with E-state index in [1.54, 1.807) is 0 Å². The van der Waals surface area contributed by atoms with Crippen molar-refractivity contribution >= 4 is 0 Å². The van der Waals surface area contributed by atoms with E-state index >= 15 is 0 Å². The van der Waals surface area contributed by atoms with E-state index < -0.39 is 5.60 Å². The first-order valence-corrected chi connectivity index (χ1v) is 7.97. The Labute approximate surface area is 123 Å². The van der Waals surface area contributed by atoms with E-state index in [1.807, 2.05) is 6.92 Å². The Morgan fingerprint density at radius 1 is 1.20 bits per heavy atom. The van der Waals surface area contributed by atoms with E-state index in [0.717, 1.165) is 58.7 Å². The molecule has 1 atom stereocenters. The van der Waals surface area contributed by atoms with Crippen LogP contribution in [0.4, 0.5) is 0 Å². The summed E-state index contributed by atoms with van der Waals surface area (Å²) in [5, 5.41) is 13.8. The van der Waals surface area contributed by atoms with Crippen molar-refractivity contribution in [2.24, 2.45) is 5.41 Å². The molecule has 4 nitrogen and oxygen atoms in total. The Morgan fingerprint density at radius 2 is 1.85 bits per heavy atom. The highest BCUT2D eigenvalue weighted by Gasteiger charge is 2.39. The fourth-order valence-electron chi connectivity index (χ4n) is 3.30. The number of aliphatic hydroxyl groups is 1. The molecule has 2 aliphatic rings. The van der Waals surface area contributed by atoms with Crippen LogP contribution in [0.15, 0.2) is 0 Å². The summed E-state index contributed by atoms with van der Waals surface area (Å²) in [6, 6.07) is 0. The third kappa shape index (κ3) is 4.69. The van der Waals surface area contributed by atoms with E-state index in [-0.39, 0.29) is 5.54 Å². The lowest BCUT2D eigenvalue weighted by Gasteiger charge is -2.42. The first kappa shape index (κ1) is 16.2. The fourth-order valence-corrected chi connectivity index (χ4v) is 3.30. The summed E-state index contributed by atoms with van der Waals surface area (Å²) in [6.07, 6.45) is 3.13. The first-order chi connectivity index (χ1) is 9.20. The van der Waals surface area contributed by atoms with Gasteiger partial charge in [-0.05, 0) is 52.4 Å². The molecule has 2 N–H and O–H groups in total. The lowest BCUT2D eigenvalue weighted by atomic mass is 9.79. The predicted octanol–water partition coefficient (Wildman–Crippen LogP) is 1.63. The van der Waals surface area contributed by atoms with Crippen LogP contribution in [-0.2, 0) is 4.74 Å². The van der Waals surface area contributed by atoms with Gasteiger partial charge in [0.1, 0.15) is 0 Å². The summed E-state index contributed by atoms with van der Waals surface area (Å²) in [4.78, 5) is 2.44. The highest BCUT2D eigenvalue weighted by Crippen LogP contribution is 2.34. The van der Waals surface area contributed by atoms with Crippen LogP contribution in [0, 0.1) is 5.41 Å². The van der Waals surface area contributed by atoms with E-state index in [2.05, 4.69) is 31.0 Å². The lowest BCUT2D eigenvalue weighted by Crippen LogP contribution is -2.51. The summed E-state index contributed by atoms with van der Waals surface area (Å²) in [7, 11) is 0. The van der Waals surface area contributed by atoms with Crippen LogP contribution in [0.5, 0.6) is 0 Å². The van der Waals surface area contributed by atoms with Crippen LogP contribution >= 0.6 is 0 Å². The summed E-state index contributed by atoms with van der Waals surface area (Å²) >= 11 is 0. The van der Waals surface area contributed by atoms with Gasteiger partial charge in [0, 0.05) is 44.9 Å². The molecule has 0 aliphatic carbocycles. The Bertz CT molecular complexity index is 317. The van der Waals surface area contributed by atoms with Crippen molar-refractivity contribution in [1.82, 2.24) is 10.2 Å². The maximum Gasteiger partial charge on any atom is 0.0758 e. The number of hydrogen-bond acceptors (Lipinski definition) is 4. The Hall–Kier alpha value is -0.160. The van der Waals surface area contributed by atoms with Crippen molar-refractivity contribution in [3.05, 3.63) is 0 Å². The molecule has 0 aromatic carbocycles. The Balaban J connectivity index is 1.96. The monoisotopic (exact) mass is 284 g/mol. The minimum atomic E-state index is -0.496. The van der Waals surface area contributed by atoms with Gasteiger partial charge in [0.25, 0.3) is 0 Å². The summed E-state index contributed by atoms with van der Waals surface area (Å²) < 4.78 is 5.57. The molecule has 0 radical (unpaired) electrons. The molecule has 0 saturated carbocycles. The van der Waals surface area contributed by atoms with Gasteiger partial charge in [-0.25, -0.2) is 0 Å². The molecule has 2 saturated heterocycles. The molecule has 4 heteroatoms. The molecule has 0 bridgehead atoms. The predicted molar refractivity (Wildman–Crippen MR) is 81.9 cm³/mol. The van der Waals surface area contributed by atoms with Crippen LogP contribution in [0.25, 0.3) is 0 Å². The van der Waals surface area contributed by atoms with E-state index in [9.17, 15) is 5.11 Å². The average Bonchev–Trinajstić information content (AvgIpc) is 2.67. The normalized spacial score (nSPS) is 31.6. The van der Waals surface area contributed by atoms with Crippen LogP contribution in [0.1, 0.15) is 47.0 Å². The molecule has 0 aromatic rings. The van der Waals surface area contributed by atoms with E-state index in [0.29, 0.717) is 5.41 Å². The van der Waals surface area contributed by atoms with Gasteiger partial charge in [-0.3, -0.25) is 4.90 Å². The Kier molecular flexibility index (Phi) is 4.80. The Morgan fingerprint density at radius 3 is 2.35 bits per heavy atom. The van der Waals surface area contributed by atoms with Crippen molar-refractivity contribution in [3.8, 4) is 0 Å². The van der Waals surface area contributed by atoms with Crippen LogP contribution < -0.4 is 5.32 Å². The smallest absolute Gasteiger partial charge is 0.0758 e. The molecule has 2 fully saturated rings. The minimum absolute atomic E-state index is 0.155. The van der Waals surface area contributed by atoms with E-state index in [1.165, 1.54) is 0 Å². The largest absolute Gasteiger partial charge is 0.389 e. The standard InChI is InChI=1S/C16H32N2O2/c1-14(2,3)17-11-16(6-9-20-10-7-16)13-18-8-5-15(4,19)12-18/h17,19H,5-13H2,1-4H3. The average molecular weight is 284 g/mol. The zero-order valence-corrected chi connectivity index (χ0v) is 13.7. The van der Waals surface area contributed by atoms with E-state index in [4.69, 9.17) is 4.74 Å². The molecule has 20 heavy (non-hydrogen) atoms. The third-order valence-electron chi connectivity index (χ3n) is 4.64. The van der Waals surface area contributed by atoms with Gasteiger partial charge in [0.2, 0.25) is 0 Å². The second-order valence-corrected chi connectivity index (χ2v) is 8.17. The SMILES string of the molecule is CC1(O)CCN(CC2(CNC(C)(C)C)CCOCC2)C1. The van der Waals surface area contributed by atoms with Gasteiger partial charge in [0.15, 0.2) is 0 Å². The number of ether oxygens (including phenoxy) is 1. The van der Waals surface area contributed by atoms with Crippen molar-refractivity contribution in [2.75, 3.05) is 39.4 Å². The van der Waals surface area contributed by atoms with Gasteiger partial charge < -0.3 is 15.2 Å². The number of β-amino-alcohol motifs (C(OH)–C–C–N with tert-alkyl or cyclic N) is 1. The molecule has 0 aromatic heterocycles. The van der Waals surface area contributed by atoms with Gasteiger partial charge in [-0.1, -0.05) is 0 Å². The quantitative estimate of drug-likeness (QED) is 0.823. The molecule has 2 aliphatic heterocycles. The molecular formula is C16H32N2O2. The second-order valence-electron chi connectivity index (χ2n) is 8.17. The molecular weight excluding hydrogens is 252 g/mol. The van der Waals surface area contributed by atoms with Gasteiger partial charge in [-0.15, -0.1) is 0 Å².